The minimum atomic E-state index is 0.155. The average molecular weight is 216 g/mol. The van der Waals surface area contributed by atoms with Gasteiger partial charge in [-0.1, -0.05) is 6.07 Å². The number of benzene rings is 1. The van der Waals surface area contributed by atoms with Crippen molar-refractivity contribution in [2.75, 3.05) is 7.05 Å². The van der Waals surface area contributed by atoms with Crippen molar-refractivity contribution >= 4 is 10.9 Å². The third kappa shape index (κ3) is 2.12. The van der Waals surface area contributed by atoms with Gasteiger partial charge in [0, 0.05) is 24.3 Å². The highest BCUT2D eigenvalue weighted by atomic mass is 14.9. The molecule has 0 saturated carbocycles. The van der Waals surface area contributed by atoms with Gasteiger partial charge in [0.1, 0.15) is 0 Å². The van der Waals surface area contributed by atoms with Gasteiger partial charge in [0.25, 0.3) is 0 Å². The van der Waals surface area contributed by atoms with E-state index < -0.39 is 0 Å². The summed E-state index contributed by atoms with van der Waals surface area (Å²) in [4.78, 5) is 0. The van der Waals surface area contributed by atoms with Crippen LogP contribution in [0.3, 0.4) is 0 Å². The highest BCUT2D eigenvalue weighted by molar-refractivity contribution is 5.80. The lowest BCUT2D eigenvalue weighted by molar-refractivity contribution is 0.422. The Morgan fingerprint density at radius 3 is 2.69 bits per heavy atom. The maximum Gasteiger partial charge on any atom is 0.0477 e. The van der Waals surface area contributed by atoms with E-state index in [1.54, 1.807) is 0 Å². The normalized spacial score (nSPS) is 12.2. The molecule has 1 aromatic carbocycles. The lowest BCUT2D eigenvalue weighted by Gasteiger charge is -2.24. The lowest BCUT2D eigenvalue weighted by Crippen LogP contribution is -2.38. The van der Waals surface area contributed by atoms with Crippen LogP contribution in [0.25, 0.3) is 10.9 Å². The van der Waals surface area contributed by atoms with Crippen molar-refractivity contribution in [2.24, 2.45) is 7.05 Å². The Morgan fingerprint density at radius 1 is 1.25 bits per heavy atom. The first kappa shape index (κ1) is 11.2. The second-order valence-electron chi connectivity index (χ2n) is 5.13. The number of aryl methyl sites for hydroxylation is 1. The number of aromatic nitrogens is 1. The number of nitrogens with one attached hydrogen (secondary N) is 1. The third-order valence-electron chi connectivity index (χ3n) is 3.27. The van der Waals surface area contributed by atoms with Gasteiger partial charge in [-0.2, -0.15) is 0 Å². The molecule has 2 aromatic rings. The van der Waals surface area contributed by atoms with Crippen molar-refractivity contribution in [3.63, 3.8) is 0 Å². The Morgan fingerprint density at radius 2 is 2.00 bits per heavy atom. The van der Waals surface area contributed by atoms with Crippen molar-refractivity contribution < 1.29 is 0 Å². The van der Waals surface area contributed by atoms with E-state index in [9.17, 15) is 0 Å². The molecule has 1 aromatic heterocycles. The summed E-state index contributed by atoms with van der Waals surface area (Å²) in [5.74, 6) is 0. The van der Waals surface area contributed by atoms with Crippen molar-refractivity contribution in [1.29, 1.82) is 0 Å². The molecule has 0 bridgehead atoms. The van der Waals surface area contributed by atoms with E-state index in [1.165, 1.54) is 16.5 Å². The fraction of sp³-hybridized carbons (Fsp3) is 0.429. The molecule has 0 amide bonds. The highest BCUT2D eigenvalue weighted by Gasteiger charge is 2.15. The largest absolute Gasteiger partial charge is 0.351 e. The second-order valence-corrected chi connectivity index (χ2v) is 5.13. The SMILES string of the molecule is CNC(C)(C)Cc1ccc2c(ccn2C)c1. The van der Waals surface area contributed by atoms with Crippen LogP contribution in [0.5, 0.6) is 0 Å². The van der Waals surface area contributed by atoms with Gasteiger partial charge in [-0.15, -0.1) is 0 Å². The summed E-state index contributed by atoms with van der Waals surface area (Å²) in [6.45, 7) is 4.45. The van der Waals surface area contributed by atoms with Gasteiger partial charge in [0.15, 0.2) is 0 Å². The molecule has 0 radical (unpaired) electrons. The zero-order chi connectivity index (χ0) is 11.8. The van der Waals surface area contributed by atoms with Gasteiger partial charge >= 0.3 is 0 Å². The van der Waals surface area contributed by atoms with E-state index in [-0.39, 0.29) is 5.54 Å². The summed E-state index contributed by atoms with van der Waals surface area (Å²) in [5.41, 5.74) is 2.84. The molecule has 1 N–H and O–H groups in total. The van der Waals surface area contributed by atoms with Crippen LogP contribution in [-0.2, 0) is 13.5 Å². The molecule has 1 heterocycles. The molecular formula is C14H20N2. The van der Waals surface area contributed by atoms with Gasteiger partial charge in [-0.3, -0.25) is 0 Å². The minimum absolute atomic E-state index is 0.155. The summed E-state index contributed by atoms with van der Waals surface area (Å²) < 4.78 is 2.16. The van der Waals surface area contributed by atoms with Gasteiger partial charge in [-0.05, 0) is 56.5 Å². The quantitative estimate of drug-likeness (QED) is 0.834. The first-order chi connectivity index (χ1) is 7.52. The number of likely N-dealkylation sites (N-methyl/N-ethyl adjacent to an activating group) is 1. The predicted molar refractivity (Wildman–Crippen MR) is 69.8 cm³/mol. The molecule has 0 unspecified atom stereocenters. The number of hydrogen-bond acceptors (Lipinski definition) is 1. The lowest BCUT2D eigenvalue weighted by atomic mass is 9.94. The molecule has 0 spiro atoms. The number of nitrogens with zero attached hydrogens (tertiary/aromatic N) is 1. The molecule has 0 aliphatic rings. The number of fused-ring (bicyclic) bond motifs is 1. The summed E-state index contributed by atoms with van der Waals surface area (Å²) in [6, 6.07) is 8.89. The molecule has 0 atom stereocenters. The van der Waals surface area contributed by atoms with Gasteiger partial charge in [0.2, 0.25) is 0 Å². The summed E-state index contributed by atoms with van der Waals surface area (Å²) in [6.07, 6.45) is 3.16. The van der Waals surface area contributed by atoms with Crippen LogP contribution in [0.15, 0.2) is 30.5 Å². The van der Waals surface area contributed by atoms with E-state index in [0.717, 1.165) is 6.42 Å². The molecule has 0 aliphatic heterocycles. The molecule has 16 heavy (non-hydrogen) atoms. The maximum atomic E-state index is 3.34. The van der Waals surface area contributed by atoms with Crippen LogP contribution in [0.4, 0.5) is 0 Å². The fourth-order valence-corrected chi connectivity index (χ4v) is 2.04. The van der Waals surface area contributed by atoms with Crippen molar-refractivity contribution in [2.45, 2.75) is 25.8 Å². The standard InChI is InChI=1S/C14H20N2/c1-14(2,15-3)10-11-5-6-13-12(9-11)7-8-16(13)4/h5-9,15H,10H2,1-4H3. The molecule has 86 valence electrons. The Labute approximate surface area is 97.3 Å². The molecule has 0 fully saturated rings. The molecule has 0 aliphatic carbocycles. The topological polar surface area (TPSA) is 17.0 Å². The third-order valence-corrected chi connectivity index (χ3v) is 3.27. The average Bonchev–Trinajstić information content (AvgIpc) is 2.60. The van der Waals surface area contributed by atoms with Crippen LogP contribution in [0.2, 0.25) is 0 Å². The van der Waals surface area contributed by atoms with Gasteiger partial charge < -0.3 is 9.88 Å². The van der Waals surface area contributed by atoms with Crippen LogP contribution >= 0.6 is 0 Å². The number of rotatable bonds is 3. The Kier molecular flexibility index (Phi) is 2.76. The van der Waals surface area contributed by atoms with Crippen LogP contribution in [-0.4, -0.2) is 17.2 Å². The first-order valence-corrected chi connectivity index (χ1v) is 5.75. The van der Waals surface area contributed by atoms with Crippen molar-refractivity contribution in [3.05, 3.63) is 36.0 Å². The summed E-state index contributed by atoms with van der Waals surface area (Å²) in [7, 11) is 4.10. The Bertz CT molecular complexity index is 494. The van der Waals surface area contributed by atoms with Crippen LogP contribution < -0.4 is 5.32 Å². The van der Waals surface area contributed by atoms with E-state index in [4.69, 9.17) is 0 Å². The molecular weight excluding hydrogens is 196 g/mol. The maximum absolute atomic E-state index is 3.34. The van der Waals surface area contributed by atoms with Gasteiger partial charge in [-0.25, -0.2) is 0 Å². The van der Waals surface area contributed by atoms with Gasteiger partial charge in [0.05, 0.1) is 0 Å². The summed E-state index contributed by atoms with van der Waals surface area (Å²) >= 11 is 0. The zero-order valence-corrected chi connectivity index (χ0v) is 10.5. The molecule has 2 rings (SSSR count). The van der Waals surface area contributed by atoms with E-state index in [1.807, 2.05) is 7.05 Å². The molecule has 0 saturated heterocycles. The smallest absolute Gasteiger partial charge is 0.0477 e. The van der Waals surface area contributed by atoms with Crippen LogP contribution in [0, 0.1) is 0 Å². The van der Waals surface area contributed by atoms with Crippen molar-refractivity contribution in [3.8, 4) is 0 Å². The van der Waals surface area contributed by atoms with E-state index in [2.05, 4.69) is 61.2 Å². The van der Waals surface area contributed by atoms with Crippen molar-refractivity contribution in [1.82, 2.24) is 9.88 Å². The summed E-state index contributed by atoms with van der Waals surface area (Å²) in [5, 5.41) is 4.66. The Balaban J connectivity index is 2.33. The minimum Gasteiger partial charge on any atom is -0.351 e. The molecule has 2 heteroatoms. The predicted octanol–water partition coefficient (Wildman–Crippen LogP) is 2.72. The highest BCUT2D eigenvalue weighted by Crippen LogP contribution is 2.19. The van der Waals surface area contributed by atoms with E-state index in [0.29, 0.717) is 0 Å². The zero-order valence-electron chi connectivity index (χ0n) is 10.5. The Hall–Kier alpha value is -1.28. The monoisotopic (exact) mass is 216 g/mol. The molecule has 2 nitrogen and oxygen atoms in total. The first-order valence-electron chi connectivity index (χ1n) is 5.75. The second kappa shape index (κ2) is 3.95. The number of hydrogen-bond donors (Lipinski definition) is 1. The van der Waals surface area contributed by atoms with E-state index >= 15 is 0 Å². The van der Waals surface area contributed by atoms with Crippen LogP contribution in [0.1, 0.15) is 19.4 Å². The fourth-order valence-electron chi connectivity index (χ4n) is 2.04.